The summed E-state index contributed by atoms with van der Waals surface area (Å²) in [5.41, 5.74) is 2.30. The highest BCUT2D eigenvalue weighted by Crippen LogP contribution is 2.31. The zero-order valence-corrected chi connectivity index (χ0v) is 17.5. The Labute approximate surface area is 164 Å². The lowest BCUT2D eigenvalue weighted by atomic mass is 10.1. The maximum absolute atomic E-state index is 12.1. The fourth-order valence-corrected chi connectivity index (χ4v) is 3.67. The van der Waals surface area contributed by atoms with Crippen molar-refractivity contribution >= 4 is 26.8 Å². The summed E-state index contributed by atoms with van der Waals surface area (Å²) in [6.45, 7) is 8.13. The number of aryl methyl sites for hydroxylation is 1. The predicted molar refractivity (Wildman–Crippen MR) is 105 cm³/mol. The van der Waals surface area contributed by atoms with E-state index in [1.54, 1.807) is 29.8 Å². The molecule has 0 saturated carbocycles. The highest BCUT2D eigenvalue weighted by molar-refractivity contribution is 7.90. The van der Waals surface area contributed by atoms with Crippen LogP contribution in [0.2, 0.25) is 0 Å². The van der Waals surface area contributed by atoms with Crippen LogP contribution in [0.5, 0.6) is 0 Å². The molecule has 0 N–H and O–H groups in total. The molecule has 28 heavy (non-hydrogen) atoms. The molecule has 0 spiro atoms. The molecule has 0 saturated heterocycles. The minimum Gasteiger partial charge on any atom is -0.461 e. The fraction of sp³-hybridized carbons (Fsp3) is 0.400. The van der Waals surface area contributed by atoms with Gasteiger partial charge in [-0.25, -0.2) is 13.2 Å². The summed E-state index contributed by atoms with van der Waals surface area (Å²) in [5.74, 6) is 0.467. The van der Waals surface area contributed by atoms with Crippen LogP contribution in [0.15, 0.2) is 33.6 Å². The lowest BCUT2D eigenvalue weighted by Gasteiger charge is -2.08. The number of furan rings is 1. The molecule has 0 bridgehead atoms. The second-order valence-electron chi connectivity index (χ2n) is 7.13. The molecule has 0 radical (unpaired) electrons. The fourth-order valence-electron chi connectivity index (χ4n) is 2.97. The molecular weight excluding hydrogens is 380 g/mol. The Morgan fingerprint density at radius 3 is 2.57 bits per heavy atom. The summed E-state index contributed by atoms with van der Waals surface area (Å²) in [4.78, 5) is 12.2. The molecular formula is C20H24N2O5S. The van der Waals surface area contributed by atoms with Crippen molar-refractivity contribution in [2.75, 3.05) is 12.9 Å². The SMILES string of the molecule is CCOC(=O)c1cc(C)n(Cc2cc(S(C)(=O)=O)cc3cc(C(C)C)oc23)n1. The number of aromatic nitrogens is 2. The van der Waals surface area contributed by atoms with Gasteiger partial charge in [-0.3, -0.25) is 4.68 Å². The first kappa shape index (κ1) is 20.1. The number of hydrogen-bond acceptors (Lipinski definition) is 6. The Balaban J connectivity index is 2.10. The Morgan fingerprint density at radius 2 is 1.96 bits per heavy atom. The van der Waals surface area contributed by atoms with Crippen LogP contribution >= 0.6 is 0 Å². The minimum atomic E-state index is -3.39. The maximum Gasteiger partial charge on any atom is 0.358 e. The van der Waals surface area contributed by atoms with Crippen LogP contribution < -0.4 is 0 Å². The standard InChI is InChI=1S/C20H24N2O5S/c1-6-26-20(23)17-7-13(4)22(21-17)11-15-9-16(28(5,24)25)8-14-10-18(12(2)3)27-19(14)15/h7-10,12H,6,11H2,1-5H3. The number of hydrogen-bond donors (Lipinski definition) is 0. The van der Waals surface area contributed by atoms with Crippen LogP contribution in [0.4, 0.5) is 0 Å². The zero-order chi connectivity index (χ0) is 20.6. The monoisotopic (exact) mass is 404 g/mol. The van der Waals surface area contributed by atoms with E-state index in [9.17, 15) is 13.2 Å². The third-order valence-corrected chi connectivity index (χ3v) is 5.56. The van der Waals surface area contributed by atoms with Gasteiger partial charge >= 0.3 is 5.97 Å². The average molecular weight is 404 g/mol. The van der Waals surface area contributed by atoms with Gasteiger partial charge in [-0.15, -0.1) is 0 Å². The Bertz CT molecular complexity index is 1140. The highest BCUT2D eigenvalue weighted by atomic mass is 32.2. The number of carbonyl (C=O) groups is 1. The van der Waals surface area contributed by atoms with Crippen molar-refractivity contribution in [2.24, 2.45) is 0 Å². The van der Waals surface area contributed by atoms with Crippen molar-refractivity contribution in [1.29, 1.82) is 0 Å². The molecule has 0 unspecified atom stereocenters. The van der Waals surface area contributed by atoms with E-state index in [2.05, 4.69) is 5.10 Å². The van der Waals surface area contributed by atoms with Gasteiger partial charge < -0.3 is 9.15 Å². The second-order valence-corrected chi connectivity index (χ2v) is 9.14. The number of benzene rings is 1. The van der Waals surface area contributed by atoms with Crippen molar-refractivity contribution in [2.45, 2.75) is 45.1 Å². The zero-order valence-electron chi connectivity index (χ0n) is 16.6. The number of fused-ring (bicyclic) bond motifs is 1. The van der Waals surface area contributed by atoms with Gasteiger partial charge in [-0.2, -0.15) is 5.10 Å². The van der Waals surface area contributed by atoms with Gasteiger partial charge in [0.2, 0.25) is 0 Å². The molecule has 3 aromatic rings. The molecule has 150 valence electrons. The summed E-state index contributed by atoms with van der Waals surface area (Å²) < 4.78 is 36.9. The van der Waals surface area contributed by atoms with E-state index in [0.717, 1.165) is 16.8 Å². The van der Waals surface area contributed by atoms with E-state index in [4.69, 9.17) is 9.15 Å². The van der Waals surface area contributed by atoms with E-state index in [1.165, 1.54) is 6.26 Å². The summed E-state index contributed by atoms with van der Waals surface area (Å²) in [6, 6.07) is 6.76. The number of ether oxygens (including phenoxy) is 1. The normalized spacial score (nSPS) is 12.1. The molecule has 0 aliphatic heterocycles. The molecule has 2 aromatic heterocycles. The van der Waals surface area contributed by atoms with Gasteiger partial charge in [0.25, 0.3) is 0 Å². The molecule has 2 heterocycles. The molecule has 0 aliphatic rings. The number of sulfone groups is 1. The third-order valence-electron chi connectivity index (χ3n) is 4.47. The van der Waals surface area contributed by atoms with E-state index in [-0.39, 0.29) is 29.7 Å². The van der Waals surface area contributed by atoms with Crippen molar-refractivity contribution < 1.29 is 22.4 Å². The van der Waals surface area contributed by atoms with E-state index in [1.807, 2.05) is 26.8 Å². The van der Waals surface area contributed by atoms with E-state index < -0.39 is 15.8 Å². The molecule has 1 aromatic carbocycles. The molecule has 0 atom stereocenters. The summed E-state index contributed by atoms with van der Waals surface area (Å²) in [6.07, 6.45) is 1.18. The summed E-state index contributed by atoms with van der Waals surface area (Å²) in [5, 5.41) is 5.05. The largest absolute Gasteiger partial charge is 0.461 e. The first-order valence-electron chi connectivity index (χ1n) is 9.08. The molecule has 7 nitrogen and oxygen atoms in total. The summed E-state index contributed by atoms with van der Waals surface area (Å²) >= 11 is 0. The van der Waals surface area contributed by atoms with Gasteiger partial charge in [-0.1, -0.05) is 13.8 Å². The molecule has 8 heteroatoms. The second kappa shape index (κ2) is 7.43. The highest BCUT2D eigenvalue weighted by Gasteiger charge is 2.19. The molecule has 3 rings (SSSR count). The number of rotatable bonds is 6. The Hall–Kier alpha value is -2.61. The first-order valence-corrected chi connectivity index (χ1v) is 11.0. The van der Waals surface area contributed by atoms with Crippen LogP contribution in [0.3, 0.4) is 0 Å². The lowest BCUT2D eigenvalue weighted by molar-refractivity contribution is 0.0518. The minimum absolute atomic E-state index is 0.170. The maximum atomic E-state index is 12.1. The Kier molecular flexibility index (Phi) is 5.34. The van der Waals surface area contributed by atoms with Crippen molar-refractivity contribution in [3.63, 3.8) is 0 Å². The van der Waals surface area contributed by atoms with Gasteiger partial charge in [0.15, 0.2) is 15.5 Å². The van der Waals surface area contributed by atoms with Crippen LogP contribution in [0.25, 0.3) is 11.0 Å². The van der Waals surface area contributed by atoms with Gasteiger partial charge in [0, 0.05) is 28.8 Å². The van der Waals surface area contributed by atoms with Crippen LogP contribution in [-0.4, -0.2) is 37.0 Å². The topological polar surface area (TPSA) is 91.4 Å². The van der Waals surface area contributed by atoms with Gasteiger partial charge in [-0.05, 0) is 38.1 Å². The average Bonchev–Trinajstić information content (AvgIpc) is 3.18. The van der Waals surface area contributed by atoms with Crippen LogP contribution in [0, 0.1) is 6.92 Å². The van der Waals surface area contributed by atoms with Crippen molar-refractivity contribution in [1.82, 2.24) is 9.78 Å². The lowest BCUT2D eigenvalue weighted by Crippen LogP contribution is -2.09. The summed E-state index contributed by atoms with van der Waals surface area (Å²) in [7, 11) is -3.39. The van der Waals surface area contributed by atoms with Crippen LogP contribution in [0.1, 0.15) is 54.2 Å². The smallest absolute Gasteiger partial charge is 0.358 e. The predicted octanol–water partition coefficient (Wildman–Crippen LogP) is 3.69. The molecule has 0 amide bonds. The third kappa shape index (κ3) is 3.96. The number of esters is 1. The first-order chi connectivity index (χ1) is 13.1. The van der Waals surface area contributed by atoms with Crippen LogP contribution in [-0.2, 0) is 21.1 Å². The van der Waals surface area contributed by atoms with Gasteiger partial charge in [0.1, 0.15) is 11.3 Å². The van der Waals surface area contributed by atoms with Gasteiger partial charge in [0.05, 0.1) is 18.0 Å². The van der Waals surface area contributed by atoms with Crippen molar-refractivity contribution in [3.05, 3.63) is 47.0 Å². The quantitative estimate of drug-likeness (QED) is 0.582. The molecule has 0 aliphatic carbocycles. The number of nitrogens with zero attached hydrogens (tertiary/aromatic N) is 2. The van der Waals surface area contributed by atoms with E-state index >= 15 is 0 Å². The Morgan fingerprint density at radius 1 is 1.25 bits per heavy atom. The molecule has 0 fully saturated rings. The van der Waals surface area contributed by atoms with E-state index in [0.29, 0.717) is 11.1 Å². The number of carbonyl (C=O) groups excluding carboxylic acids is 1. The van der Waals surface area contributed by atoms with Crippen molar-refractivity contribution in [3.8, 4) is 0 Å².